The van der Waals surface area contributed by atoms with Crippen molar-refractivity contribution >= 4 is 16.9 Å². The molecule has 0 aromatic carbocycles. The lowest BCUT2D eigenvalue weighted by Gasteiger charge is -2.29. The molecule has 0 aliphatic carbocycles. The van der Waals surface area contributed by atoms with Gasteiger partial charge in [-0.05, 0) is 12.8 Å². The van der Waals surface area contributed by atoms with E-state index >= 15 is 0 Å². The molecule has 6 nitrogen and oxygen atoms in total. The lowest BCUT2D eigenvalue weighted by atomic mass is 9.83. The Morgan fingerprint density at radius 2 is 2.05 bits per heavy atom. The van der Waals surface area contributed by atoms with Gasteiger partial charge in [-0.2, -0.15) is 5.10 Å². The van der Waals surface area contributed by atoms with Crippen LogP contribution in [0.1, 0.15) is 26.7 Å². The molecule has 0 aliphatic rings. The maximum atomic E-state index is 9.58. The highest BCUT2D eigenvalue weighted by molar-refractivity contribution is 5.85. The van der Waals surface area contributed by atoms with Crippen molar-refractivity contribution in [2.75, 3.05) is 18.5 Å². The Hall–Kier alpha value is -1.69. The van der Waals surface area contributed by atoms with Crippen LogP contribution in [0.3, 0.4) is 0 Å². The minimum Gasteiger partial charge on any atom is -0.396 e. The Balaban J connectivity index is 2.22. The Morgan fingerprint density at radius 1 is 1.32 bits per heavy atom. The lowest BCUT2D eigenvalue weighted by Crippen LogP contribution is -2.32. The van der Waals surface area contributed by atoms with E-state index in [2.05, 4.69) is 34.2 Å². The summed E-state index contributed by atoms with van der Waals surface area (Å²) in [5.74, 6) is 0.776. The van der Waals surface area contributed by atoms with Crippen LogP contribution in [0.25, 0.3) is 11.0 Å². The monoisotopic (exact) mass is 263 g/mol. The Bertz CT molecular complexity index is 539. The summed E-state index contributed by atoms with van der Waals surface area (Å²) in [5, 5.41) is 18.0. The normalized spacial score (nSPS) is 12.0. The number of aromatic nitrogens is 4. The summed E-state index contributed by atoms with van der Waals surface area (Å²) in [5.41, 5.74) is 0.708. The molecule has 0 amide bonds. The zero-order chi connectivity index (χ0) is 13.9. The first-order chi connectivity index (χ1) is 9.15. The maximum Gasteiger partial charge on any atom is 0.163 e. The van der Waals surface area contributed by atoms with Gasteiger partial charge in [0.2, 0.25) is 0 Å². The summed E-state index contributed by atoms with van der Waals surface area (Å²) >= 11 is 0. The third kappa shape index (κ3) is 2.53. The number of aliphatic hydroxyl groups is 1. The van der Waals surface area contributed by atoms with Crippen molar-refractivity contribution in [2.45, 2.75) is 26.7 Å². The van der Waals surface area contributed by atoms with Gasteiger partial charge in [0.1, 0.15) is 12.1 Å². The fourth-order valence-corrected chi connectivity index (χ4v) is 2.15. The van der Waals surface area contributed by atoms with Crippen molar-refractivity contribution in [2.24, 2.45) is 12.5 Å². The Morgan fingerprint density at radius 3 is 2.68 bits per heavy atom. The SMILES string of the molecule is CCC(CC)(CO)CNc1ncnc2c1cnn2C. The van der Waals surface area contributed by atoms with Gasteiger partial charge >= 0.3 is 0 Å². The third-order valence-electron chi connectivity index (χ3n) is 4.00. The topological polar surface area (TPSA) is 75.9 Å². The molecule has 0 atom stereocenters. The first kappa shape index (κ1) is 13.7. The van der Waals surface area contributed by atoms with E-state index in [-0.39, 0.29) is 12.0 Å². The lowest BCUT2D eigenvalue weighted by molar-refractivity contribution is 0.127. The molecule has 0 bridgehead atoms. The summed E-state index contributed by atoms with van der Waals surface area (Å²) in [7, 11) is 1.86. The molecule has 6 heteroatoms. The second kappa shape index (κ2) is 5.52. The van der Waals surface area contributed by atoms with E-state index < -0.39 is 0 Å². The molecule has 0 saturated heterocycles. The molecule has 19 heavy (non-hydrogen) atoms. The average Bonchev–Trinajstić information content (AvgIpc) is 2.84. The van der Waals surface area contributed by atoms with Crippen molar-refractivity contribution in [3.8, 4) is 0 Å². The third-order valence-corrected chi connectivity index (χ3v) is 4.00. The van der Waals surface area contributed by atoms with Gasteiger partial charge < -0.3 is 10.4 Å². The van der Waals surface area contributed by atoms with Crippen LogP contribution in [-0.4, -0.2) is 38.0 Å². The summed E-state index contributed by atoms with van der Waals surface area (Å²) in [4.78, 5) is 8.48. The first-order valence-corrected chi connectivity index (χ1v) is 6.63. The van der Waals surface area contributed by atoms with Gasteiger partial charge in [-0.3, -0.25) is 4.68 Å². The van der Waals surface area contributed by atoms with Crippen LogP contribution in [0.4, 0.5) is 5.82 Å². The predicted octanol–water partition coefficient (Wildman–Crippen LogP) is 1.57. The minimum atomic E-state index is -0.0977. The Kier molecular flexibility index (Phi) is 3.99. The quantitative estimate of drug-likeness (QED) is 0.827. The molecule has 0 unspecified atom stereocenters. The summed E-state index contributed by atoms with van der Waals surface area (Å²) in [6.45, 7) is 5.06. The highest BCUT2D eigenvalue weighted by Gasteiger charge is 2.25. The van der Waals surface area contributed by atoms with Crippen LogP contribution in [-0.2, 0) is 7.05 Å². The highest BCUT2D eigenvalue weighted by atomic mass is 16.3. The van der Waals surface area contributed by atoms with Crippen molar-refractivity contribution in [3.63, 3.8) is 0 Å². The van der Waals surface area contributed by atoms with Gasteiger partial charge in [-0.15, -0.1) is 0 Å². The fourth-order valence-electron chi connectivity index (χ4n) is 2.15. The zero-order valence-corrected chi connectivity index (χ0v) is 11.7. The predicted molar refractivity (Wildman–Crippen MR) is 74.9 cm³/mol. The fraction of sp³-hybridized carbons (Fsp3) is 0.615. The number of rotatable bonds is 6. The van der Waals surface area contributed by atoms with E-state index in [9.17, 15) is 5.11 Å². The number of hydrogen-bond acceptors (Lipinski definition) is 5. The molecule has 0 aliphatic heterocycles. The van der Waals surface area contributed by atoms with Crippen LogP contribution < -0.4 is 5.32 Å². The van der Waals surface area contributed by atoms with Crippen LogP contribution in [0.15, 0.2) is 12.5 Å². The van der Waals surface area contributed by atoms with Crippen LogP contribution in [0.2, 0.25) is 0 Å². The smallest absolute Gasteiger partial charge is 0.163 e. The van der Waals surface area contributed by atoms with E-state index in [0.29, 0.717) is 6.54 Å². The van der Waals surface area contributed by atoms with Gasteiger partial charge in [-0.1, -0.05) is 13.8 Å². The van der Waals surface area contributed by atoms with E-state index in [1.807, 2.05) is 7.05 Å². The number of aliphatic hydroxyl groups excluding tert-OH is 1. The minimum absolute atomic E-state index is 0.0977. The van der Waals surface area contributed by atoms with Crippen LogP contribution in [0, 0.1) is 5.41 Å². The molecule has 104 valence electrons. The van der Waals surface area contributed by atoms with Crippen molar-refractivity contribution in [1.29, 1.82) is 0 Å². The van der Waals surface area contributed by atoms with E-state index in [4.69, 9.17) is 0 Å². The van der Waals surface area contributed by atoms with Crippen molar-refractivity contribution < 1.29 is 5.11 Å². The molecule has 2 aromatic rings. The van der Waals surface area contributed by atoms with Crippen LogP contribution >= 0.6 is 0 Å². The standard InChI is InChI=1S/C13H21N5O/c1-4-13(5-2,8-19)7-14-11-10-6-17-18(3)12(10)16-9-15-11/h6,9,19H,4-5,7-8H2,1-3H3,(H,14,15,16). The van der Waals surface area contributed by atoms with E-state index in [1.165, 1.54) is 6.33 Å². The van der Waals surface area contributed by atoms with Crippen molar-refractivity contribution in [1.82, 2.24) is 19.7 Å². The molecule has 2 N–H and O–H groups in total. The molecular formula is C13H21N5O. The highest BCUT2D eigenvalue weighted by Crippen LogP contribution is 2.27. The second-order valence-corrected chi connectivity index (χ2v) is 4.95. The van der Waals surface area contributed by atoms with Gasteiger partial charge in [0.05, 0.1) is 18.2 Å². The molecular weight excluding hydrogens is 242 g/mol. The number of fused-ring (bicyclic) bond motifs is 1. The maximum absolute atomic E-state index is 9.58. The number of nitrogens with zero attached hydrogens (tertiary/aromatic N) is 4. The van der Waals surface area contributed by atoms with E-state index in [1.54, 1.807) is 10.9 Å². The number of nitrogens with one attached hydrogen (secondary N) is 1. The average molecular weight is 263 g/mol. The number of hydrogen-bond donors (Lipinski definition) is 2. The number of aryl methyl sites for hydroxylation is 1. The van der Waals surface area contributed by atoms with Crippen molar-refractivity contribution in [3.05, 3.63) is 12.5 Å². The molecule has 0 saturated carbocycles. The summed E-state index contributed by atoms with van der Waals surface area (Å²) in [6, 6.07) is 0. The summed E-state index contributed by atoms with van der Waals surface area (Å²) in [6.07, 6.45) is 5.14. The van der Waals surface area contributed by atoms with Crippen LogP contribution in [0.5, 0.6) is 0 Å². The van der Waals surface area contributed by atoms with Gasteiger partial charge in [0.15, 0.2) is 5.65 Å². The Labute approximate surface area is 112 Å². The molecule has 0 fully saturated rings. The van der Waals surface area contributed by atoms with Gasteiger partial charge in [0.25, 0.3) is 0 Å². The number of anilines is 1. The molecule has 2 heterocycles. The van der Waals surface area contributed by atoms with E-state index in [0.717, 1.165) is 29.7 Å². The molecule has 2 aromatic heterocycles. The largest absolute Gasteiger partial charge is 0.396 e. The molecule has 0 spiro atoms. The summed E-state index contributed by atoms with van der Waals surface area (Å²) < 4.78 is 1.72. The van der Waals surface area contributed by atoms with Gasteiger partial charge in [-0.25, -0.2) is 9.97 Å². The molecule has 2 rings (SSSR count). The van der Waals surface area contributed by atoms with Gasteiger partial charge in [0, 0.05) is 19.0 Å². The second-order valence-electron chi connectivity index (χ2n) is 4.95. The first-order valence-electron chi connectivity index (χ1n) is 6.63. The zero-order valence-electron chi connectivity index (χ0n) is 11.7. The molecule has 0 radical (unpaired) electrons.